The third kappa shape index (κ3) is 4.29. The van der Waals surface area contributed by atoms with E-state index in [9.17, 15) is 13.6 Å². The van der Waals surface area contributed by atoms with Crippen LogP contribution in [0.5, 0.6) is 0 Å². The van der Waals surface area contributed by atoms with Crippen LogP contribution in [0, 0.1) is 11.6 Å². The van der Waals surface area contributed by atoms with Crippen molar-refractivity contribution in [1.29, 1.82) is 0 Å². The maximum atomic E-state index is 13.7. The van der Waals surface area contributed by atoms with Crippen molar-refractivity contribution in [2.75, 3.05) is 41.3 Å². The molecular weight excluding hydrogens is 378 g/mol. The summed E-state index contributed by atoms with van der Waals surface area (Å²) in [6, 6.07) is 8.62. The molecule has 1 fully saturated rings. The Morgan fingerprint density at radius 1 is 0.931 bits per heavy atom. The number of carbonyl (C=O) groups excluding carboxylic acids is 1. The Balaban J connectivity index is 1.36. The number of pyridine rings is 1. The summed E-state index contributed by atoms with van der Waals surface area (Å²) in [6.07, 6.45) is 4.70. The number of halogens is 2. The van der Waals surface area contributed by atoms with Crippen molar-refractivity contribution < 1.29 is 13.6 Å². The molecule has 2 aromatic heterocycles. The van der Waals surface area contributed by atoms with Crippen LogP contribution in [0.2, 0.25) is 0 Å². The van der Waals surface area contributed by atoms with Gasteiger partial charge in [0.15, 0.2) is 0 Å². The molecule has 1 aliphatic rings. The Bertz CT molecular complexity index is 992. The Morgan fingerprint density at radius 2 is 1.66 bits per heavy atom. The van der Waals surface area contributed by atoms with Gasteiger partial charge in [-0.3, -0.25) is 4.79 Å². The number of piperazine rings is 1. The van der Waals surface area contributed by atoms with E-state index in [2.05, 4.69) is 25.2 Å². The first kappa shape index (κ1) is 18.7. The number of hydrogen-bond donors (Lipinski definition) is 1. The highest BCUT2D eigenvalue weighted by Gasteiger charge is 2.20. The molecule has 1 aliphatic heterocycles. The summed E-state index contributed by atoms with van der Waals surface area (Å²) in [5.41, 5.74) is 0.0794. The van der Waals surface area contributed by atoms with Gasteiger partial charge in [0.2, 0.25) is 5.95 Å². The van der Waals surface area contributed by atoms with E-state index in [4.69, 9.17) is 0 Å². The minimum atomic E-state index is -0.925. The topological polar surface area (TPSA) is 74.2 Å². The quantitative estimate of drug-likeness (QED) is 0.731. The van der Waals surface area contributed by atoms with Gasteiger partial charge in [-0.1, -0.05) is 6.07 Å². The summed E-state index contributed by atoms with van der Waals surface area (Å²) in [7, 11) is 0. The molecule has 3 heterocycles. The lowest BCUT2D eigenvalue weighted by Gasteiger charge is -2.35. The Morgan fingerprint density at radius 3 is 2.31 bits per heavy atom. The van der Waals surface area contributed by atoms with Crippen LogP contribution in [0.15, 0.2) is 55.0 Å². The van der Waals surface area contributed by atoms with Gasteiger partial charge in [0.25, 0.3) is 5.91 Å². The van der Waals surface area contributed by atoms with Gasteiger partial charge in [-0.2, -0.15) is 0 Å². The van der Waals surface area contributed by atoms with Crippen LogP contribution < -0.4 is 15.1 Å². The summed E-state index contributed by atoms with van der Waals surface area (Å²) in [5.74, 6) is -0.862. The number of benzene rings is 1. The second kappa shape index (κ2) is 8.17. The van der Waals surface area contributed by atoms with E-state index in [0.29, 0.717) is 17.7 Å². The van der Waals surface area contributed by atoms with E-state index >= 15 is 0 Å². The predicted molar refractivity (Wildman–Crippen MR) is 105 cm³/mol. The number of carbonyl (C=O) groups is 1. The molecule has 148 valence electrons. The highest BCUT2D eigenvalue weighted by molar-refractivity contribution is 6.04. The smallest absolute Gasteiger partial charge is 0.258 e. The molecule has 0 radical (unpaired) electrons. The van der Waals surface area contributed by atoms with Gasteiger partial charge >= 0.3 is 0 Å². The molecule has 7 nitrogen and oxygen atoms in total. The SMILES string of the molecule is O=C(Nc1cnc(N2CCN(c3ccccn3)CC2)nc1)c1ccc(F)cc1F. The molecular formula is C20H18F2N6O. The van der Waals surface area contributed by atoms with Crippen molar-refractivity contribution in [3.63, 3.8) is 0 Å². The van der Waals surface area contributed by atoms with Crippen molar-refractivity contribution in [3.8, 4) is 0 Å². The lowest BCUT2D eigenvalue weighted by Crippen LogP contribution is -2.47. The van der Waals surface area contributed by atoms with E-state index in [1.54, 1.807) is 6.20 Å². The Hall–Kier alpha value is -3.62. The number of nitrogens with one attached hydrogen (secondary N) is 1. The zero-order valence-corrected chi connectivity index (χ0v) is 15.4. The van der Waals surface area contributed by atoms with Gasteiger partial charge in [0.05, 0.1) is 23.6 Å². The number of anilines is 3. The first-order chi connectivity index (χ1) is 14.1. The number of aromatic nitrogens is 3. The van der Waals surface area contributed by atoms with E-state index in [1.807, 2.05) is 23.1 Å². The van der Waals surface area contributed by atoms with E-state index in [1.165, 1.54) is 12.4 Å². The molecule has 0 bridgehead atoms. The summed E-state index contributed by atoms with van der Waals surface area (Å²) in [5, 5.41) is 2.52. The highest BCUT2D eigenvalue weighted by atomic mass is 19.1. The molecule has 9 heteroatoms. The normalized spacial score (nSPS) is 14.0. The zero-order chi connectivity index (χ0) is 20.2. The fraction of sp³-hybridized carbons (Fsp3) is 0.200. The first-order valence-corrected chi connectivity index (χ1v) is 9.09. The predicted octanol–water partition coefficient (Wildman–Crippen LogP) is 2.73. The third-order valence-corrected chi connectivity index (χ3v) is 4.61. The molecule has 0 aliphatic carbocycles. The van der Waals surface area contributed by atoms with Gasteiger partial charge < -0.3 is 15.1 Å². The highest BCUT2D eigenvalue weighted by Crippen LogP contribution is 2.17. The number of hydrogen-bond acceptors (Lipinski definition) is 6. The van der Waals surface area contributed by atoms with Crippen LogP contribution in [0.1, 0.15) is 10.4 Å². The van der Waals surface area contributed by atoms with Crippen molar-refractivity contribution in [1.82, 2.24) is 15.0 Å². The molecule has 0 spiro atoms. The monoisotopic (exact) mass is 396 g/mol. The Kier molecular flexibility index (Phi) is 5.28. The number of amides is 1. The van der Waals surface area contributed by atoms with Crippen LogP contribution in [0.3, 0.4) is 0 Å². The summed E-state index contributed by atoms with van der Waals surface area (Å²) >= 11 is 0. The molecule has 0 unspecified atom stereocenters. The molecule has 0 saturated carbocycles. The van der Waals surface area contributed by atoms with E-state index < -0.39 is 17.5 Å². The fourth-order valence-corrected chi connectivity index (χ4v) is 3.10. The average molecular weight is 396 g/mol. The molecule has 4 rings (SSSR count). The molecule has 1 N–H and O–H groups in total. The van der Waals surface area contributed by atoms with Gasteiger partial charge in [-0.15, -0.1) is 0 Å². The van der Waals surface area contributed by atoms with Gasteiger partial charge in [0.1, 0.15) is 17.5 Å². The molecule has 0 atom stereocenters. The summed E-state index contributed by atoms with van der Waals surface area (Å²) < 4.78 is 26.7. The van der Waals surface area contributed by atoms with Crippen LogP contribution in [0.4, 0.5) is 26.2 Å². The lowest BCUT2D eigenvalue weighted by molar-refractivity contribution is 0.102. The van der Waals surface area contributed by atoms with Crippen molar-refractivity contribution in [3.05, 3.63) is 72.2 Å². The van der Waals surface area contributed by atoms with Crippen molar-refractivity contribution >= 4 is 23.4 Å². The van der Waals surface area contributed by atoms with E-state index in [0.717, 1.165) is 44.1 Å². The van der Waals surface area contributed by atoms with Gasteiger partial charge in [-0.05, 0) is 24.3 Å². The molecule has 3 aromatic rings. The maximum Gasteiger partial charge on any atom is 0.258 e. The summed E-state index contributed by atoms with van der Waals surface area (Å²) in [6.45, 7) is 3.07. The molecule has 1 amide bonds. The van der Waals surface area contributed by atoms with Gasteiger partial charge in [0, 0.05) is 38.4 Å². The summed E-state index contributed by atoms with van der Waals surface area (Å²) in [4.78, 5) is 29.4. The minimum absolute atomic E-state index is 0.249. The third-order valence-electron chi connectivity index (χ3n) is 4.61. The molecule has 29 heavy (non-hydrogen) atoms. The van der Waals surface area contributed by atoms with Crippen molar-refractivity contribution in [2.45, 2.75) is 0 Å². The maximum absolute atomic E-state index is 13.7. The minimum Gasteiger partial charge on any atom is -0.353 e. The molecule has 1 aromatic carbocycles. The standard InChI is InChI=1S/C20H18F2N6O/c21-14-4-5-16(17(22)11-14)19(29)26-15-12-24-20(25-13-15)28-9-7-27(8-10-28)18-3-1-2-6-23-18/h1-6,11-13H,7-10H2,(H,26,29). The van der Waals surface area contributed by atoms with Gasteiger partial charge in [-0.25, -0.2) is 23.7 Å². The van der Waals surface area contributed by atoms with Crippen LogP contribution in [-0.2, 0) is 0 Å². The first-order valence-electron chi connectivity index (χ1n) is 9.09. The fourth-order valence-electron chi connectivity index (χ4n) is 3.10. The lowest BCUT2D eigenvalue weighted by atomic mass is 10.2. The number of rotatable bonds is 4. The van der Waals surface area contributed by atoms with Crippen LogP contribution in [-0.4, -0.2) is 47.0 Å². The van der Waals surface area contributed by atoms with E-state index in [-0.39, 0.29) is 5.56 Å². The molecule has 1 saturated heterocycles. The zero-order valence-electron chi connectivity index (χ0n) is 15.4. The second-order valence-corrected chi connectivity index (χ2v) is 6.51. The van der Waals surface area contributed by atoms with Crippen molar-refractivity contribution in [2.24, 2.45) is 0 Å². The largest absolute Gasteiger partial charge is 0.353 e. The number of nitrogens with zero attached hydrogens (tertiary/aromatic N) is 5. The van der Waals surface area contributed by atoms with Crippen LogP contribution >= 0.6 is 0 Å². The second-order valence-electron chi connectivity index (χ2n) is 6.51. The average Bonchev–Trinajstić information content (AvgIpc) is 2.75. The Labute approximate surface area is 166 Å². The van der Waals surface area contributed by atoms with Crippen LogP contribution in [0.25, 0.3) is 0 Å².